The van der Waals surface area contributed by atoms with Gasteiger partial charge in [-0.25, -0.2) is 4.68 Å². The van der Waals surface area contributed by atoms with Crippen molar-refractivity contribution in [1.82, 2.24) is 20.3 Å². The van der Waals surface area contributed by atoms with Crippen LogP contribution in [0.15, 0.2) is 24.4 Å². The first-order valence-corrected chi connectivity index (χ1v) is 6.57. The molecule has 6 nitrogen and oxygen atoms in total. The average molecular weight is 276 g/mol. The number of nitrogens with zero attached hydrogens (tertiary/aromatic N) is 3. The molecule has 0 spiro atoms. The van der Waals surface area contributed by atoms with Crippen LogP contribution >= 0.6 is 0 Å². The molecule has 2 aromatic rings. The summed E-state index contributed by atoms with van der Waals surface area (Å²) in [6.07, 6.45) is 1.93. The van der Waals surface area contributed by atoms with Gasteiger partial charge < -0.3 is 14.8 Å². The molecule has 6 heteroatoms. The smallest absolute Gasteiger partial charge is 0.124 e. The second-order valence-electron chi connectivity index (χ2n) is 4.37. The zero-order valence-corrected chi connectivity index (χ0v) is 12.1. The van der Waals surface area contributed by atoms with Crippen LogP contribution in [0.3, 0.4) is 0 Å². The Hall–Kier alpha value is -2.08. The summed E-state index contributed by atoms with van der Waals surface area (Å²) in [5.74, 6) is 1.61. The Balaban J connectivity index is 2.14. The van der Waals surface area contributed by atoms with Crippen molar-refractivity contribution in [2.45, 2.75) is 20.0 Å². The predicted octanol–water partition coefficient (Wildman–Crippen LogP) is 1.45. The van der Waals surface area contributed by atoms with E-state index in [4.69, 9.17) is 9.47 Å². The molecule has 20 heavy (non-hydrogen) atoms. The van der Waals surface area contributed by atoms with Crippen LogP contribution in [0.2, 0.25) is 0 Å². The molecule has 108 valence electrons. The fraction of sp³-hybridized carbons (Fsp3) is 0.429. The first kappa shape index (κ1) is 14.3. The van der Waals surface area contributed by atoms with Crippen molar-refractivity contribution >= 4 is 0 Å². The first-order chi connectivity index (χ1) is 9.76. The molecule has 0 amide bonds. The van der Waals surface area contributed by atoms with Gasteiger partial charge in [0.25, 0.3) is 0 Å². The number of nitrogens with one attached hydrogen (secondary N) is 1. The Kier molecular flexibility index (Phi) is 4.95. The molecule has 0 radical (unpaired) electrons. The molecule has 0 saturated heterocycles. The van der Waals surface area contributed by atoms with E-state index in [1.807, 2.05) is 24.4 Å². The third-order valence-corrected chi connectivity index (χ3v) is 2.96. The van der Waals surface area contributed by atoms with Crippen LogP contribution in [0.5, 0.6) is 11.5 Å². The molecular formula is C14H20N4O2. The van der Waals surface area contributed by atoms with Gasteiger partial charge >= 0.3 is 0 Å². The highest BCUT2D eigenvalue weighted by molar-refractivity contribution is 5.40. The van der Waals surface area contributed by atoms with Gasteiger partial charge in [0.05, 0.1) is 32.7 Å². The summed E-state index contributed by atoms with van der Waals surface area (Å²) in [6, 6.07) is 5.72. The van der Waals surface area contributed by atoms with Gasteiger partial charge in [0.15, 0.2) is 0 Å². The molecule has 0 unspecified atom stereocenters. The minimum absolute atomic E-state index is 0.597. The van der Waals surface area contributed by atoms with Crippen LogP contribution in [-0.4, -0.2) is 35.8 Å². The second-order valence-corrected chi connectivity index (χ2v) is 4.37. The minimum Gasteiger partial charge on any atom is -0.497 e. The topological polar surface area (TPSA) is 61.2 Å². The highest BCUT2D eigenvalue weighted by atomic mass is 16.5. The maximum absolute atomic E-state index is 5.36. The monoisotopic (exact) mass is 276 g/mol. The largest absolute Gasteiger partial charge is 0.497 e. The minimum atomic E-state index is 0.597. The Morgan fingerprint density at radius 2 is 2.10 bits per heavy atom. The number of ether oxygens (including phenoxy) is 2. The van der Waals surface area contributed by atoms with Gasteiger partial charge in [-0.05, 0) is 24.7 Å². The summed E-state index contributed by atoms with van der Waals surface area (Å²) in [5, 5.41) is 11.5. The standard InChI is InChI=1S/C14H20N4O2/c1-4-15-8-12-10-18(17-16-12)9-11-7-13(19-2)5-6-14(11)20-3/h5-7,10,15H,4,8-9H2,1-3H3. The van der Waals surface area contributed by atoms with Crippen molar-refractivity contribution in [3.8, 4) is 11.5 Å². The van der Waals surface area contributed by atoms with E-state index in [2.05, 4.69) is 22.6 Å². The SMILES string of the molecule is CCNCc1cn(Cc2cc(OC)ccc2OC)nn1. The van der Waals surface area contributed by atoms with E-state index in [1.54, 1.807) is 18.9 Å². The van der Waals surface area contributed by atoms with E-state index < -0.39 is 0 Å². The molecule has 1 aromatic heterocycles. The fourth-order valence-corrected chi connectivity index (χ4v) is 1.93. The molecule has 0 bridgehead atoms. The zero-order chi connectivity index (χ0) is 14.4. The van der Waals surface area contributed by atoms with Gasteiger partial charge in [0.2, 0.25) is 0 Å². The Labute approximate surface area is 118 Å². The van der Waals surface area contributed by atoms with Crippen molar-refractivity contribution in [3.63, 3.8) is 0 Å². The summed E-state index contributed by atoms with van der Waals surface area (Å²) in [7, 11) is 3.30. The summed E-state index contributed by atoms with van der Waals surface area (Å²) in [4.78, 5) is 0. The van der Waals surface area contributed by atoms with Gasteiger partial charge in [0.1, 0.15) is 11.5 Å². The number of benzene rings is 1. The van der Waals surface area contributed by atoms with Crippen LogP contribution in [0.4, 0.5) is 0 Å². The highest BCUT2D eigenvalue weighted by Gasteiger charge is 2.07. The predicted molar refractivity (Wildman–Crippen MR) is 76.1 cm³/mol. The Morgan fingerprint density at radius 3 is 2.80 bits per heavy atom. The Morgan fingerprint density at radius 1 is 1.25 bits per heavy atom. The normalized spacial score (nSPS) is 10.6. The molecular weight excluding hydrogens is 256 g/mol. The van der Waals surface area contributed by atoms with Gasteiger partial charge in [-0.15, -0.1) is 5.10 Å². The molecule has 0 saturated carbocycles. The second kappa shape index (κ2) is 6.91. The summed E-state index contributed by atoms with van der Waals surface area (Å²) in [5.41, 5.74) is 1.93. The zero-order valence-electron chi connectivity index (χ0n) is 12.1. The van der Waals surface area contributed by atoms with Gasteiger partial charge in [-0.3, -0.25) is 0 Å². The molecule has 0 aliphatic carbocycles. The molecule has 1 N–H and O–H groups in total. The fourth-order valence-electron chi connectivity index (χ4n) is 1.93. The van der Waals surface area contributed by atoms with E-state index in [9.17, 15) is 0 Å². The van der Waals surface area contributed by atoms with Gasteiger partial charge in [0, 0.05) is 12.1 Å². The first-order valence-electron chi connectivity index (χ1n) is 6.57. The lowest BCUT2D eigenvalue weighted by atomic mass is 10.2. The lowest BCUT2D eigenvalue weighted by Crippen LogP contribution is -2.11. The lowest BCUT2D eigenvalue weighted by molar-refractivity contribution is 0.396. The lowest BCUT2D eigenvalue weighted by Gasteiger charge is -2.10. The van der Waals surface area contributed by atoms with Crippen LogP contribution in [0.25, 0.3) is 0 Å². The van der Waals surface area contributed by atoms with Crippen LogP contribution in [-0.2, 0) is 13.1 Å². The van der Waals surface area contributed by atoms with E-state index >= 15 is 0 Å². The number of hydrogen-bond donors (Lipinski definition) is 1. The summed E-state index contributed by atoms with van der Waals surface area (Å²) < 4.78 is 12.4. The van der Waals surface area contributed by atoms with Gasteiger partial charge in [-0.1, -0.05) is 12.1 Å². The molecule has 1 aromatic carbocycles. The maximum Gasteiger partial charge on any atom is 0.124 e. The van der Waals surface area contributed by atoms with E-state index in [0.29, 0.717) is 6.54 Å². The van der Waals surface area contributed by atoms with E-state index in [0.717, 1.165) is 35.8 Å². The van der Waals surface area contributed by atoms with Gasteiger partial charge in [-0.2, -0.15) is 0 Å². The quantitative estimate of drug-likeness (QED) is 0.829. The number of rotatable bonds is 7. The third kappa shape index (κ3) is 3.48. The van der Waals surface area contributed by atoms with Crippen molar-refractivity contribution in [2.24, 2.45) is 0 Å². The average Bonchev–Trinajstić information content (AvgIpc) is 2.92. The third-order valence-electron chi connectivity index (χ3n) is 2.96. The van der Waals surface area contributed by atoms with E-state index in [1.165, 1.54) is 0 Å². The molecule has 0 fully saturated rings. The van der Waals surface area contributed by atoms with Crippen molar-refractivity contribution in [1.29, 1.82) is 0 Å². The van der Waals surface area contributed by atoms with Crippen LogP contribution in [0.1, 0.15) is 18.2 Å². The molecule has 1 heterocycles. The molecule has 0 atom stereocenters. The van der Waals surface area contributed by atoms with E-state index in [-0.39, 0.29) is 0 Å². The molecule has 0 aliphatic heterocycles. The van der Waals surface area contributed by atoms with Crippen LogP contribution in [0, 0.1) is 0 Å². The number of hydrogen-bond acceptors (Lipinski definition) is 5. The van der Waals surface area contributed by atoms with Crippen LogP contribution < -0.4 is 14.8 Å². The number of methoxy groups -OCH3 is 2. The van der Waals surface area contributed by atoms with Crippen molar-refractivity contribution in [3.05, 3.63) is 35.7 Å². The molecule has 2 rings (SSSR count). The maximum atomic E-state index is 5.36. The molecule has 0 aliphatic rings. The summed E-state index contributed by atoms with van der Waals surface area (Å²) >= 11 is 0. The number of aromatic nitrogens is 3. The summed E-state index contributed by atoms with van der Waals surface area (Å²) in [6.45, 7) is 4.30. The highest BCUT2D eigenvalue weighted by Crippen LogP contribution is 2.24. The van der Waals surface area contributed by atoms with Crippen molar-refractivity contribution in [2.75, 3.05) is 20.8 Å². The van der Waals surface area contributed by atoms with Crippen molar-refractivity contribution < 1.29 is 9.47 Å². The Bertz CT molecular complexity index is 554.